The van der Waals surface area contributed by atoms with E-state index in [1.807, 2.05) is 31.2 Å². The molecule has 112 valence electrons. The van der Waals surface area contributed by atoms with Gasteiger partial charge in [-0.15, -0.1) is 0 Å². The van der Waals surface area contributed by atoms with Crippen molar-refractivity contribution in [1.82, 2.24) is 0 Å². The molecule has 21 heavy (non-hydrogen) atoms. The van der Waals surface area contributed by atoms with Crippen LogP contribution in [0.3, 0.4) is 0 Å². The lowest BCUT2D eigenvalue weighted by Crippen LogP contribution is -2.52. The number of amides is 1. The number of carbonyl (C=O) groups is 1. The second kappa shape index (κ2) is 3.89. The van der Waals surface area contributed by atoms with Gasteiger partial charge in [0.25, 0.3) is 5.91 Å². The van der Waals surface area contributed by atoms with Crippen molar-refractivity contribution in [3.8, 4) is 0 Å². The topological polar surface area (TPSA) is 38.3 Å². The van der Waals surface area contributed by atoms with Crippen LogP contribution in [0.4, 0.5) is 5.69 Å². The molecule has 4 atom stereocenters. The van der Waals surface area contributed by atoms with E-state index < -0.39 is 5.60 Å². The van der Waals surface area contributed by atoms with Gasteiger partial charge in [0.2, 0.25) is 0 Å². The molecule has 2 saturated carbocycles. The molecule has 4 bridgehead atoms. The summed E-state index contributed by atoms with van der Waals surface area (Å²) in [6, 6.07) is 7.94. The van der Waals surface area contributed by atoms with Gasteiger partial charge in [-0.25, -0.2) is 0 Å². The Kier molecular flexibility index (Phi) is 2.47. The molecule has 4 rings (SSSR count). The van der Waals surface area contributed by atoms with Gasteiger partial charge >= 0.3 is 0 Å². The average molecular weight is 285 g/mol. The number of hydrogen-bond donors (Lipinski definition) is 1. The Morgan fingerprint density at radius 1 is 1.33 bits per heavy atom. The van der Waals surface area contributed by atoms with E-state index in [0.717, 1.165) is 30.7 Å². The van der Waals surface area contributed by atoms with Crippen molar-refractivity contribution in [1.29, 1.82) is 0 Å². The van der Waals surface area contributed by atoms with E-state index in [1.54, 1.807) is 0 Å². The first-order valence-corrected chi connectivity index (χ1v) is 7.94. The van der Waals surface area contributed by atoms with Gasteiger partial charge in [-0.05, 0) is 43.7 Å². The fraction of sp³-hybridized carbons (Fsp3) is 0.611. The maximum absolute atomic E-state index is 13.0. The molecule has 3 fully saturated rings. The van der Waals surface area contributed by atoms with Gasteiger partial charge in [-0.1, -0.05) is 32.0 Å². The van der Waals surface area contributed by atoms with Gasteiger partial charge in [0.1, 0.15) is 0 Å². The fourth-order valence-corrected chi connectivity index (χ4v) is 5.19. The Morgan fingerprint density at radius 3 is 2.76 bits per heavy atom. The van der Waals surface area contributed by atoms with Crippen LogP contribution in [0, 0.1) is 23.7 Å². The Balaban J connectivity index is 1.68. The van der Waals surface area contributed by atoms with Gasteiger partial charge < -0.3 is 10.1 Å². The molecule has 1 aromatic rings. The Labute approximate surface area is 126 Å². The SMILES string of the molecule is Cc1ccccc1NC(=O)[C@]12C[C@@H]3CC[C@@]1(C)[C@]3(C)CO2. The molecular weight excluding hydrogens is 262 g/mol. The third kappa shape index (κ3) is 1.36. The maximum atomic E-state index is 13.0. The fourth-order valence-electron chi connectivity index (χ4n) is 5.19. The lowest BCUT2D eigenvalue weighted by molar-refractivity contribution is -0.149. The number of benzene rings is 1. The normalized spacial score (nSPS) is 43.3. The molecule has 1 N–H and O–H groups in total. The zero-order chi connectivity index (χ0) is 14.9. The first-order chi connectivity index (χ1) is 9.93. The van der Waals surface area contributed by atoms with Crippen molar-refractivity contribution in [2.24, 2.45) is 16.7 Å². The van der Waals surface area contributed by atoms with Gasteiger partial charge in [0, 0.05) is 16.5 Å². The number of rotatable bonds is 2. The molecule has 3 heteroatoms. The standard InChI is InChI=1S/C18H23NO2/c1-12-6-4-5-7-14(12)19-15(20)18-10-13-8-9-17(18,3)16(13,2)11-21-18/h4-7,13H,8-11H2,1-3H3,(H,19,20)/t13-,16+,17-,18+/m0/s1. The number of hydrogen-bond acceptors (Lipinski definition) is 2. The number of carbonyl (C=O) groups excluding carboxylic acids is 1. The number of para-hydroxylation sites is 1. The predicted molar refractivity (Wildman–Crippen MR) is 82.0 cm³/mol. The van der Waals surface area contributed by atoms with Crippen molar-refractivity contribution in [2.45, 2.75) is 45.6 Å². The summed E-state index contributed by atoms with van der Waals surface area (Å²) < 4.78 is 6.14. The molecule has 1 aromatic carbocycles. The molecule has 1 aliphatic heterocycles. The van der Waals surface area contributed by atoms with E-state index in [-0.39, 0.29) is 16.7 Å². The van der Waals surface area contributed by atoms with E-state index in [2.05, 4.69) is 19.2 Å². The summed E-state index contributed by atoms with van der Waals surface area (Å²) >= 11 is 0. The van der Waals surface area contributed by atoms with Crippen molar-refractivity contribution in [2.75, 3.05) is 11.9 Å². The molecule has 1 saturated heterocycles. The van der Waals surface area contributed by atoms with Gasteiger partial charge in [0.15, 0.2) is 5.60 Å². The van der Waals surface area contributed by atoms with Crippen LogP contribution < -0.4 is 5.32 Å². The molecule has 0 aromatic heterocycles. The smallest absolute Gasteiger partial charge is 0.257 e. The highest BCUT2D eigenvalue weighted by atomic mass is 16.5. The van der Waals surface area contributed by atoms with Crippen LogP contribution in [0.5, 0.6) is 0 Å². The first kappa shape index (κ1) is 13.3. The molecule has 3 nitrogen and oxygen atoms in total. The molecule has 0 spiro atoms. The zero-order valence-electron chi connectivity index (χ0n) is 13.0. The van der Waals surface area contributed by atoms with Crippen LogP contribution in [-0.2, 0) is 9.53 Å². The Hall–Kier alpha value is -1.35. The molecule has 3 aliphatic rings. The van der Waals surface area contributed by atoms with Crippen LogP contribution in [-0.4, -0.2) is 18.1 Å². The highest BCUT2D eigenvalue weighted by molar-refractivity contribution is 5.99. The van der Waals surface area contributed by atoms with Crippen LogP contribution in [0.15, 0.2) is 24.3 Å². The summed E-state index contributed by atoms with van der Waals surface area (Å²) in [7, 11) is 0. The van der Waals surface area contributed by atoms with Crippen LogP contribution >= 0.6 is 0 Å². The van der Waals surface area contributed by atoms with E-state index in [9.17, 15) is 4.79 Å². The first-order valence-electron chi connectivity index (χ1n) is 7.94. The van der Waals surface area contributed by atoms with Crippen molar-refractivity contribution in [3.05, 3.63) is 29.8 Å². The van der Waals surface area contributed by atoms with Gasteiger partial charge in [0.05, 0.1) is 6.61 Å². The van der Waals surface area contributed by atoms with E-state index >= 15 is 0 Å². The average Bonchev–Trinajstić information content (AvgIpc) is 2.93. The summed E-state index contributed by atoms with van der Waals surface area (Å²) in [5, 5.41) is 3.13. The van der Waals surface area contributed by atoms with Crippen molar-refractivity contribution < 1.29 is 9.53 Å². The second-order valence-corrected chi connectivity index (χ2v) is 7.57. The lowest BCUT2D eigenvalue weighted by Gasteiger charge is -2.40. The van der Waals surface area contributed by atoms with E-state index in [4.69, 9.17) is 4.74 Å². The summed E-state index contributed by atoms with van der Waals surface area (Å²) in [5.74, 6) is 0.698. The quantitative estimate of drug-likeness (QED) is 0.902. The number of nitrogens with one attached hydrogen (secondary N) is 1. The summed E-state index contributed by atoms with van der Waals surface area (Å²) in [4.78, 5) is 13.0. The van der Waals surface area contributed by atoms with Crippen LogP contribution in [0.25, 0.3) is 0 Å². The summed E-state index contributed by atoms with van der Waals surface area (Å²) in [6.45, 7) is 7.34. The molecular formula is C18H23NO2. The van der Waals surface area contributed by atoms with Crippen molar-refractivity contribution >= 4 is 11.6 Å². The Bertz CT molecular complexity index is 627. The van der Waals surface area contributed by atoms with Gasteiger partial charge in [-0.3, -0.25) is 4.79 Å². The highest BCUT2D eigenvalue weighted by Gasteiger charge is 2.78. The zero-order valence-corrected chi connectivity index (χ0v) is 13.0. The number of aryl methyl sites for hydroxylation is 1. The number of ether oxygens (including phenoxy) is 1. The second-order valence-electron chi connectivity index (χ2n) is 7.57. The summed E-state index contributed by atoms with van der Waals surface area (Å²) in [6.07, 6.45) is 3.24. The van der Waals surface area contributed by atoms with E-state index in [1.165, 1.54) is 6.42 Å². The van der Waals surface area contributed by atoms with E-state index in [0.29, 0.717) is 5.92 Å². The number of anilines is 1. The predicted octanol–water partition coefficient (Wildman–Crippen LogP) is 3.53. The molecule has 2 aliphatic carbocycles. The monoisotopic (exact) mass is 285 g/mol. The highest BCUT2D eigenvalue weighted by Crippen LogP contribution is 2.75. The molecule has 1 amide bonds. The third-order valence-electron chi connectivity index (χ3n) is 6.96. The minimum absolute atomic E-state index is 0.0164. The van der Waals surface area contributed by atoms with Crippen LogP contribution in [0.2, 0.25) is 0 Å². The lowest BCUT2D eigenvalue weighted by atomic mass is 9.66. The van der Waals surface area contributed by atoms with Crippen molar-refractivity contribution in [3.63, 3.8) is 0 Å². The third-order valence-corrected chi connectivity index (χ3v) is 6.96. The Morgan fingerprint density at radius 2 is 2.10 bits per heavy atom. The largest absolute Gasteiger partial charge is 0.364 e. The molecule has 0 radical (unpaired) electrons. The summed E-state index contributed by atoms with van der Waals surface area (Å²) in [5.41, 5.74) is 1.54. The van der Waals surface area contributed by atoms with Gasteiger partial charge in [-0.2, -0.15) is 0 Å². The van der Waals surface area contributed by atoms with Crippen LogP contribution in [0.1, 0.15) is 38.7 Å². The molecule has 1 heterocycles. The maximum Gasteiger partial charge on any atom is 0.257 e. The minimum Gasteiger partial charge on any atom is -0.364 e. The minimum atomic E-state index is -0.618. The molecule has 0 unspecified atom stereocenters.